The maximum Gasteiger partial charge on any atom is 0.210 e. The second kappa shape index (κ2) is 4.63. The van der Waals surface area contributed by atoms with Crippen LogP contribution < -0.4 is 10.8 Å². The van der Waals surface area contributed by atoms with Crippen molar-refractivity contribution in [1.29, 1.82) is 0 Å². The molecule has 1 unspecified atom stereocenters. The van der Waals surface area contributed by atoms with E-state index in [2.05, 4.69) is 9.97 Å². The predicted molar refractivity (Wildman–Crippen MR) is 87.6 cm³/mol. The van der Waals surface area contributed by atoms with Gasteiger partial charge in [-0.2, -0.15) is 0 Å². The molecule has 1 aliphatic rings. The van der Waals surface area contributed by atoms with Crippen molar-refractivity contribution in [2.24, 2.45) is 0 Å². The van der Waals surface area contributed by atoms with Crippen molar-refractivity contribution in [3.63, 3.8) is 0 Å². The molecule has 0 saturated carbocycles. The predicted octanol–water partition coefficient (Wildman–Crippen LogP) is 1.64. The van der Waals surface area contributed by atoms with E-state index in [9.17, 15) is 4.79 Å². The average molecular weight is 313 g/mol. The van der Waals surface area contributed by atoms with Crippen LogP contribution in [0, 0.1) is 0 Å². The number of allylic oxidation sites excluding steroid dienone is 1. The van der Waals surface area contributed by atoms with Crippen molar-refractivity contribution in [2.45, 2.75) is 6.17 Å². The van der Waals surface area contributed by atoms with E-state index < -0.39 is 0 Å². The summed E-state index contributed by atoms with van der Waals surface area (Å²) in [5, 5.41) is 2.63. The molecule has 4 heterocycles. The molecule has 4 rings (SSSR count). The number of pyridine rings is 3. The lowest BCUT2D eigenvalue weighted by Gasteiger charge is -2.29. The van der Waals surface area contributed by atoms with Gasteiger partial charge in [0.15, 0.2) is 0 Å². The Labute approximate surface area is 131 Å². The largest absolute Gasteiger partial charge is 0.316 e. The molecule has 1 aliphatic heterocycles. The zero-order valence-corrected chi connectivity index (χ0v) is 12.9. The van der Waals surface area contributed by atoms with Crippen molar-refractivity contribution >= 4 is 39.5 Å². The summed E-state index contributed by atoms with van der Waals surface area (Å²) in [6.45, 7) is 0. The van der Waals surface area contributed by atoms with Crippen LogP contribution in [0.3, 0.4) is 0 Å². The standard InChI is InChI=1S/C16H13ClN4O/c1-20(2)14-6-9(17)5-12-16(22)10-3-4-19-11-7-18-8-13(15(10)11)21(12)14/h3-8,14H,1-2H3. The van der Waals surface area contributed by atoms with Gasteiger partial charge >= 0.3 is 0 Å². The third-order valence-corrected chi connectivity index (χ3v) is 4.24. The fraction of sp³-hybridized carbons (Fsp3) is 0.188. The van der Waals surface area contributed by atoms with E-state index in [4.69, 9.17) is 11.6 Å². The molecule has 0 spiro atoms. The van der Waals surface area contributed by atoms with Crippen LogP contribution in [0.2, 0.25) is 0 Å². The molecular formula is C16H13ClN4O. The zero-order chi connectivity index (χ0) is 15.4. The summed E-state index contributed by atoms with van der Waals surface area (Å²) >= 11 is 6.22. The smallest absolute Gasteiger partial charge is 0.210 e. The van der Waals surface area contributed by atoms with Gasteiger partial charge in [-0.25, -0.2) is 0 Å². The highest BCUT2D eigenvalue weighted by Crippen LogP contribution is 2.26. The maximum atomic E-state index is 12.9. The minimum atomic E-state index is -0.141. The molecule has 0 saturated heterocycles. The van der Waals surface area contributed by atoms with Crippen LogP contribution in [0.1, 0.15) is 6.17 Å². The number of rotatable bonds is 1. The van der Waals surface area contributed by atoms with Gasteiger partial charge in [-0.05, 0) is 32.3 Å². The first-order chi connectivity index (χ1) is 10.6. The van der Waals surface area contributed by atoms with Crippen LogP contribution in [0.15, 0.2) is 40.6 Å². The summed E-state index contributed by atoms with van der Waals surface area (Å²) < 4.78 is 1.97. The van der Waals surface area contributed by atoms with E-state index in [0.717, 1.165) is 16.4 Å². The number of halogens is 1. The van der Waals surface area contributed by atoms with Crippen molar-refractivity contribution in [3.05, 3.63) is 51.3 Å². The summed E-state index contributed by atoms with van der Waals surface area (Å²) in [6, 6.07) is 1.75. The van der Waals surface area contributed by atoms with Crippen LogP contribution in [-0.2, 0) is 0 Å². The van der Waals surface area contributed by atoms with Crippen LogP contribution in [-0.4, -0.2) is 33.5 Å². The Morgan fingerprint density at radius 3 is 2.91 bits per heavy atom. The minimum absolute atomic E-state index is 0.0378. The highest BCUT2D eigenvalue weighted by molar-refractivity contribution is 6.34. The molecule has 0 fully saturated rings. The molecule has 0 bridgehead atoms. The van der Waals surface area contributed by atoms with Gasteiger partial charge in [0.05, 0.1) is 28.8 Å². The van der Waals surface area contributed by atoms with Gasteiger partial charge in [-0.1, -0.05) is 11.6 Å². The molecule has 22 heavy (non-hydrogen) atoms. The Bertz CT molecular complexity index is 1050. The maximum absolute atomic E-state index is 12.9. The van der Waals surface area contributed by atoms with Crippen molar-refractivity contribution < 1.29 is 0 Å². The summed E-state index contributed by atoms with van der Waals surface area (Å²) in [5.41, 5.74) is 1.57. The fourth-order valence-electron chi connectivity index (χ4n) is 3.03. The SMILES string of the molecule is CN(C)C1C=C(Cl)C=c2c(=O)c3ccnc4cncc(c43)n21. The molecule has 0 aliphatic carbocycles. The van der Waals surface area contributed by atoms with Gasteiger partial charge in [0.2, 0.25) is 5.43 Å². The van der Waals surface area contributed by atoms with E-state index >= 15 is 0 Å². The van der Waals surface area contributed by atoms with Gasteiger partial charge in [0.1, 0.15) is 6.17 Å². The van der Waals surface area contributed by atoms with Crippen molar-refractivity contribution in [1.82, 2.24) is 19.4 Å². The first kappa shape index (κ1) is 13.4. The quantitative estimate of drug-likeness (QED) is 0.685. The third-order valence-electron chi connectivity index (χ3n) is 4.00. The van der Waals surface area contributed by atoms with Crippen LogP contribution in [0.25, 0.3) is 27.9 Å². The molecule has 3 aromatic heterocycles. The van der Waals surface area contributed by atoms with E-state index in [-0.39, 0.29) is 11.6 Å². The van der Waals surface area contributed by atoms with Gasteiger partial charge in [0, 0.05) is 22.0 Å². The molecule has 0 amide bonds. The first-order valence-corrected chi connectivity index (χ1v) is 7.28. The van der Waals surface area contributed by atoms with Crippen LogP contribution >= 0.6 is 11.6 Å². The van der Waals surface area contributed by atoms with Crippen molar-refractivity contribution in [3.8, 4) is 0 Å². The molecule has 3 aromatic rings. The molecule has 1 atom stereocenters. The highest BCUT2D eigenvalue weighted by atomic mass is 35.5. The van der Waals surface area contributed by atoms with E-state index in [1.165, 1.54) is 0 Å². The number of nitrogens with zero attached hydrogens (tertiary/aromatic N) is 4. The molecule has 0 N–H and O–H groups in total. The summed E-state index contributed by atoms with van der Waals surface area (Å²) in [5.74, 6) is 0. The second-order valence-electron chi connectivity index (χ2n) is 5.57. The van der Waals surface area contributed by atoms with E-state index in [1.807, 2.05) is 29.6 Å². The topological polar surface area (TPSA) is 51.0 Å². The van der Waals surface area contributed by atoms with Crippen molar-refractivity contribution in [2.75, 3.05) is 14.1 Å². The van der Waals surface area contributed by atoms with E-state index in [0.29, 0.717) is 15.8 Å². The summed E-state index contributed by atoms with van der Waals surface area (Å²) in [4.78, 5) is 23.5. The first-order valence-electron chi connectivity index (χ1n) is 6.90. The van der Waals surface area contributed by atoms with E-state index in [1.54, 1.807) is 30.7 Å². The lowest BCUT2D eigenvalue weighted by Crippen LogP contribution is -2.43. The number of fused-ring (bicyclic) bond motifs is 2. The lowest BCUT2D eigenvalue weighted by atomic mass is 10.1. The molecule has 110 valence electrons. The third kappa shape index (κ3) is 1.73. The summed E-state index contributed by atoms with van der Waals surface area (Å²) in [6.07, 6.45) is 8.59. The Balaban J connectivity index is 2.32. The van der Waals surface area contributed by atoms with Crippen LogP contribution in [0.4, 0.5) is 0 Å². The lowest BCUT2D eigenvalue weighted by molar-refractivity contribution is 0.269. The molecule has 6 heteroatoms. The average Bonchev–Trinajstić information content (AvgIpc) is 2.51. The summed E-state index contributed by atoms with van der Waals surface area (Å²) in [7, 11) is 3.90. The Hall–Kier alpha value is -2.24. The van der Waals surface area contributed by atoms with Gasteiger partial charge in [0.25, 0.3) is 0 Å². The normalized spacial score (nSPS) is 17.6. The Morgan fingerprint density at radius 2 is 2.14 bits per heavy atom. The fourth-order valence-corrected chi connectivity index (χ4v) is 3.25. The Kier molecular flexibility index (Phi) is 2.82. The van der Waals surface area contributed by atoms with Gasteiger partial charge in [-0.15, -0.1) is 0 Å². The minimum Gasteiger partial charge on any atom is -0.316 e. The molecular weight excluding hydrogens is 300 g/mol. The molecule has 5 nitrogen and oxygen atoms in total. The highest BCUT2D eigenvalue weighted by Gasteiger charge is 2.21. The van der Waals surface area contributed by atoms with Gasteiger partial charge < -0.3 is 4.57 Å². The number of hydrogen-bond acceptors (Lipinski definition) is 4. The van der Waals surface area contributed by atoms with Crippen LogP contribution in [0.5, 0.6) is 0 Å². The van der Waals surface area contributed by atoms with Gasteiger partial charge in [-0.3, -0.25) is 19.7 Å². The Morgan fingerprint density at radius 1 is 1.32 bits per heavy atom. The monoisotopic (exact) mass is 312 g/mol. The second-order valence-corrected chi connectivity index (χ2v) is 6.01. The number of hydrogen-bond donors (Lipinski definition) is 0. The zero-order valence-electron chi connectivity index (χ0n) is 12.1. The number of aromatic nitrogens is 3. The number of likely N-dealkylation sites (N-methyl/N-ethyl adjacent to an activating group) is 1. The molecule has 0 radical (unpaired) electrons. The molecule has 0 aromatic carbocycles.